The number of hydrogen-bond acceptors (Lipinski definition) is 7. The summed E-state index contributed by atoms with van der Waals surface area (Å²) >= 11 is 3.08. The zero-order valence-corrected chi connectivity index (χ0v) is 14.2. The number of halogens is 2. The maximum atomic E-state index is 13.4. The molecular weight excluding hydrogens is 385 g/mol. The molecule has 1 atom stereocenters. The first-order chi connectivity index (χ1) is 11.5. The van der Waals surface area contributed by atoms with E-state index in [9.17, 15) is 9.18 Å². The second-order valence-corrected chi connectivity index (χ2v) is 6.16. The first-order valence-electron chi connectivity index (χ1n) is 7.07. The number of aromatic nitrogens is 4. The molecule has 3 aromatic rings. The highest BCUT2D eigenvalue weighted by Gasteiger charge is 2.23. The molecule has 0 saturated heterocycles. The molecule has 24 heavy (non-hydrogen) atoms. The van der Waals surface area contributed by atoms with Gasteiger partial charge in [-0.1, -0.05) is 17.2 Å². The summed E-state index contributed by atoms with van der Waals surface area (Å²) < 4.78 is 24.3. The third kappa shape index (κ3) is 3.02. The van der Waals surface area contributed by atoms with Crippen molar-refractivity contribution in [2.45, 2.75) is 13.3 Å². The van der Waals surface area contributed by atoms with E-state index in [2.05, 4.69) is 31.4 Å². The van der Waals surface area contributed by atoms with Crippen LogP contribution < -0.4 is 11.5 Å². The van der Waals surface area contributed by atoms with Gasteiger partial charge in [0.2, 0.25) is 5.82 Å². The Morgan fingerprint density at radius 3 is 2.88 bits per heavy atom. The predicted molar refractivity (Wildman–Crippen MR) is 85.0 cm³/mol. The van der Waals surface area contributed by atoms with Crippen molar-refractivity contribution >= 4 is 15.9 Å². The smallest absolute Gasteiger partial charge is 0.330 e. The fourth-order valence-corrected chi connectivity index (χ4v) is 2.54. The Labute approximate surface area is 143 Å². The molecule has 0 aliphatic rings. The molecule has 2 N–H and O–H groups in total. The molecule has 0 fully saturated rings. The molecule has 3 rings (SSSR count). The summed E-state index contributed by atoms with van der Waals surface area (Å²) in [5.74, 6) is -0.920. The molecule has 0 aliphatic carbocycles. The minimum Gasteiger partial charge on any atom is -0.330 e. The van der Waals surface area contributed by atoms with E-state index in [4.69, 9.17) is 14.9 Å². The maximum Gasteiger partial charge on any atom is 0.446 e. The van der Waals surface area contributed by atoms with Gasteiger partial charge in [0.15, 0.2) is 5.69 Å². The normalized spacial score (nSPS) is 12.5. The Bertz CT molecular complexity index is 919. The SMILES string of the molecule is CC(CN)Cc1nonc1-c1noc(=O)n1-c1ccc(F)c(Br)c1. The molecule has 0 saturated carbocycles. The van der Waals surface area contributed by atoms with E-state index < -0.39 is 11.6 Å². The Kier molecular flexibility index (Phi) is 4.58. The molecule has 1 unspecified atom stereocenters. The third-order valence-corrected chi connectivity index (χ3v) is 4.09. The predicted octanol–water partition coefficient (Wildman–Crippen LogP) is 1.91. The van der Waals surface area contributed by atoms with Gasteiger partial charge >= 0.3 is 5.76 Å². The Morgan fingerprint density at radius 2 is 2.17 bits per heavy atom. The summed E-state index contributed by atoms with van der Waals surface area (Å²) in [5, 5.41) is 11.4. The third-order valence-electron chi connectivity index (χ3n) is 3.48. The second-order valence-electron chi connectivity index (χ2n) is 5.31. The van der Waals surface area contributed by atoms with Crippen LogP contribution >= 0.6 is 15.9 Å². The van der Waals surface area contributed by atoms with Crippen molar-refractivity contribution < 1.29 is 13.5 Å². The van der Waals surface area contributed by atoms with E-state index in [-0.39, 0.29) is 21.9 Å². The average molecular weight is 398 g/mol. The number of hydrogen-bond donors (Lipinski definition) is 1. The highest BCUT2D eigenvalue weighted by molar-refractivity contribution is 9.10. The van der Waals surface area contributed by atoms with Gasteiger partial charge in [-0.2, -0.15) is 0 Å². The van der Waals surface area contributed by atoms with Gasteiger partial charge in [-0.15, -0.1) is 0 Å². The summed E-state index contributed by atoms with van der Waals surface area (Å²) in [6.07, 6.45) is 0.503. The lowest BCUT2D eigenvalue weighted by atomic mass is 10.0. The Hall–Kier alpha value is -2.33. The van der Waals surface area contributed by atoms with Gasteiger partial charge in [0, 0.05) is 0 Å². The zero-order valence-electron chi connectivity index (χ0n) is 12.6. The van der Waals surface area contributed by atoms with Gasteiger partial charge < -0.3 is 5.73 Å². The maximum absolute atomic E-state index is 13.4. The standard InChI is InChI=1S/C14H13BrFN5O3/c1-7(6-17)4-11-12(19-24-18-11)13-20-23-14(22)21(13)8-2-3-10(16)9(15)5-8/h2-3,5,7H,4,6,17H2,1H3. The van der Waals surface area contributed by atoms with E-state index in [0.29, 0.717) is 24.3 Å². The zero-order chi connectivity index (χ0) is 17.3. The molecule has 0 bridgehead atoms. The number of rotatable bonds is 5. The minimum absolute atomic E-state index is 0.124. The lowest BCUT2D eigenvalue weighted by Crippen LogP contribution is -2.16. The van der Waals surface area contributed by atoms with E-state index in [1.54, 1.807) is 0 Å². The highest BCUT2D eigenvalue weighted by Crippen LogP contribution is 2.24. The molecule has 8 nitrogen and oxygen atoms in total. The van der Waals surface area contributed by atoms with Crippen LogP contribution in [0.5, 0.6) is 0 Å². The molecule has 126 valence electrons. The highest BCUT2D eigenvalue weighted by atomic mass is 79.9. The summed E-state index contributed by atoms with van der Waals surface area (Å²) in [4.78, 5) is 12.0. The van der Waals surface area contributed by atoms with Crippen molar-refractivity contribution in [1.29, 1.82) is 0 Å². The summed E-state index contributed by atoms with van der Waals surface area (Å²) in [5.41, 5.74) is 6.78. The van der Waals surface area contributed by atoms with Crippen LogP contribution in [0.2, 0.25) is 0 Å². The average Bonchev–Trinajstić information content (AvgIpc) is 3.16. The molecule has 10 heteroatoms. The topological polar surface area (TPSA) is 113 Å². The van der Waals surface area contributed by atoms with Gasteiger partial charge in [-0.3, -0.25) is 4.52 Å². The fourth-order valence-electron chi connectivity index (χ4n) is 2.18. The largest absolute Gasteiger partial charge is 0.446 e. The molecule has 2 heterocycles. The second kappa shape index (κ2) is 6.65. The van der Waals surface area contributed by atoms with Crippen LogP contribution in [-0.2, 0) is 6.42 Å². The molecule has 0 spiro atoms. The lowest BCUT2D eigenvalue weighted by molar-refractivity contribution is 0.302. The molecule has 0 aliphatic heterocycles. The van der Waals surface area contributed by atoms with Crippen molar-refractivity contribution in [3.05, 3.63) is 44.7 Å². The van der Waals surface area contributed by atoms with Crippen LogP contribution in [-0.4, -0.2) is 26.6 Å². The van der Waals surface area contributed by atoms with Gasteiger partial charge in [0.05, 0.1) is 10.2 Å². The summed E-state index contributed by atoms with van der Waals surface area (Å²) in [6.45, 7) is 2.41. The van der Waals surface area contributed by atoms with Crippen LogP contribution in [0.15, 0.2) is 36.6 Å². The van der Waals surface area contributed by atoms with Crippen molar-refractivity contribution in [1.82, 2.24) is 20.0 Å². The number of nitrogens with zero attached hydrogens (tertiary/aromatic N) is 4. The van der Waals surface area contributed by atoms with Gasteiger partial charge in [0.25, 0.3) is 0 Å². The fraction of sp³-hybridized carbons (Fsp3) is 0.286. The number of nitrogens with two attached hydrogens (primary N) is 1. The molecule has 2 aromatic heterocycles. The van der Waals surface area contributed by atoms with Crippen LogP contribution in [0.25, 0.3) is 17.2 Å². The van der Waals surface area contributed by atoms with Crippen molar-refractivity contribution in [3.8, 4) is 17.2 Å². The first kappa shape index (κ1) is 16.5. The number of benzene rings is 1. The Balaban J connectivity index is 2.10. The molecule has 0 amide bonds. The molecular formula is C14H13BrFN5O3. The molecule has 1 aromatic carbocycles. The Morgan fingerprint density at radius 1 is 1.38 bits per heavy atom. The van der Waals surface area contributed by atoms with E-state index in [1.165, 1.54) is 22.8 Å². The van der Waals surface area contributed by atoms with Gasteiger partial charge in [-0.05, 0) is 58.2 Å². The van der Waals surface area contributed by atoms with Crippen molar-refractivity contribution in [3.63, 3.8) is 0 Å². The van der Waals surface area contributed by atoms with Gasteiger partial charge in [-0.25, -0.2) is 18.4 Å². The quantitative estimate of drug-likeness (QED) is 0.699. The molecule has 0 radical (unpaired) electrons. The minimum atomic E-state index is -0.732. The monoisotopic (exact) mass is 397 g/mol. The van der Waals surface area contributed by atoms with Crippen molar-refractivity contribution in [2.75, 3.05) is 6.54 Å². The van der Waals surface area contributed by atoms with E-state index in [0.717, 1.165) is 0 Å². The van der Waals surface area contributed by atoms with Gasteiger partial charge in [0.1, 0.15) is 11.5 Å². The first-order valence-corrected chi connectivity index (χ1v) is 7.86. The van der Waals surface area contributed by atoms with Crippen LogP contribution in [0.4, 0.5) is 4.39 Å². The van der Waals surface area contributed by atoms with Crippen LogP contribution in [0.1, 0.15) is 12.6 Å². The van der Waals surface area contributed by atoms with Crippen molar-refractivity contribution in [2.24, 2.45) is 11.7 Å². The summed E-state index contributed by atoms with van der Waals surface area (Å²) in [6, 6.07) is 4.09. The van der Waals surface area contributed by atoms with E-state index >= 15 is 0 Å². The lowest BCUT2D eigenvalue weighted by Gasteiger charge is -2.07. The summed E-state index contributed by atoms with van der Waals surface area (Å²) in [7, 11) is 0. The van der Waals surface area contributed by atoms with Crippen LogP contribution in [0, 0.1) is 11.7 Å². The van der Waals surface area contributed by atoms with Crippen LogP contribution in [0.3, 0.4) is 0 Å². The van der Waals surface area contributed by atoms with E-state index in [1.807, 2.05) is 6.92 Å².